The minimum Gasteiger partial charge on any atom is -0.358 e. The number of rotatable bonds is 10. The van der Waals surface area contributed by atoms with Crippen LogP contribution in [0.25, 0.3) is 0 Å². The van der Waals surface area contributed by atoms with E-state index in [0.29, 0.717) is 18.2 Å². The molecule has 6 nitrogen and oxygen atoms in total. The second-order valence-electron chi connectivity index (χ2n) is 5.40. The van der Waals surface area contributed by atoms with Crippen molar-refractivity contribution in [2.75, 3.05) is 17.3 Å². The number of hydrogen-bond acceptors (Lipinski definition) is 6. The summed E-state index contributed by atoms with van der Waals surface area (Å²) in [4.78, 5) is 20.1. The lowest BCUT2D eigenvalue weighted by molar-refractivity contribution is -0.392. The van der Waals surface area contributed by atoms with Crippen LogP contribution in [-0.4, -0.2) is 36.7 Å². The fourth-order valence-electron chi connectivity index (χ4n) is 2.33. The molecule has 2 aromatic heterocycles. The van der Waals surface area contributed by atoms with Gasteiger partial charge in [-0.25, -0.2) is 9.55 Å². The highest BCUT2D eigenvalue weighted by Crippen LogP contribution is 2.25. The Morgan fingerprint density at radius 1 is 1.27 bits per heavy atom. The number of imidazole rings is 1. The highest BCUT2D eigenvalue weighted by Gasteiger charge is 2.16. The van der Waals surface area contributed by atoms with Gasteiger partial charge in [-0.2, -0.15) is 11.8 Å². The molecule has 26 heavy (non-hydrogen) atoms. The van der Waals surface area contributed by atoms with Crippen molar-refractivity contribution in [3.63, 3.8) is 0 Å². The number of nitrogens with zero attached hydrogens (tertiary/aromatic N) is 4. The number of aromatic nitrogens is 3. The van der Waals surface area contributed by atoms with Gasteiger partial charge in [0.1, 0.15) is 12.7 Å². The standard InChI is InChI=1S/C16H21ClN4O2S2.ClH/c1-12-14(10-17)18-5-4-15(12)25-8-3-7-24-9-6-20-13(2)19-11-16(20)21(22)23;/h4-5,11H,3,6-10H2,1-2H3;1H. The highest BCUT2D eigenvalue weighted by atomic mass is 35.5. The predicted octanol–water partition coefficient (Wildman–Crippen LogP) is 4.88. The van der Waals surface area contributed by atoms with Crippen LogP contribution in [0.1, 0.15) is 23.5 Å². The smallest absolute Gasteiger partial charge is 0.342 e. The average molecular weight is 437 g/mol. The molecule has 0 N–H and O–H groups in total. The summed E-state index contributed by atoms with van der Waals surface area (Å²) < 4.78 is 1.66. The molecule has 0 aromatic carbocycles. The van der Waals surface area contributed by atoms with Crippen molar-refractivity contribution in [1.82, 2.24) is 14.5 Å². The van der Waals surface area contributed by atoms with Gasteiger partial charge in [0.2, 0.25) is 0 Å². The Bertz CT molecular complexity index is 728. The first-order valence-electron chi connectivity index (χ1n) is 7.92. The van der Waals surface area contributed by atoms with E-state index in [4.69, 9.17) is 11.6 Å². The van der Waals surface area contributed by atoms with Gasteiger partial charge in [0.05, 0.1) is 11.6 Å². The molecule has 0 fully saturated rings. The lowest BCUT2D eigenvalue weighted by Gasteiger charge is -2.08. The second-order valence-corrected chi connectivity index (χ2v) is 8.03. The maximum atomic E-state index is 10.9. The maximum absolute atomic E-state index is 10.9. The Kier molecular flexibility index (Phi) is 10.4. The Hall–Kier alpha value is -0.960. The molecule has 0 aliphatic rings. The largest absolute Gasteiger partial charge is 0.358 e. The van der Waals surface area contributed by atoms with Gasteiger partial charge in [0.25, 0.3) is 0 Å². The summed E-state index contributed by atoms with van der Waals surface area (Å²) in [6, 6.07) is 2.03. The molecule has 0 aliphatic carbocycles. The lowest BCUT2D eigenvalue weighted by Crippen LogP contribution is -2.07. The Morgan fingerprint density at radius 2 is 2.04 bits per heavy atom. The summed E-state index contributed by atoms with van der Waals surface area (Å²) in [5, 5.41) is 10.9. The molecule has 0 bridgehead atoms. The molecule has 2 heterocycles. The van der Waals surface area contributed by atoms with Gasteiger partial charge < -0.3 is 10.1 Å². The van der Waals surface area contributed by atoms with Crippen LogP contribution >= 0.6 is 47.5 Å². The highest BCUT2D eigenvalue weighted by molar-refractivity contribution is 8.00. The fraction of sp³-hybridized carbons (Fsp3) is 0.500. The molecular weight excluding hydrogens is 415 g/mol. The van der Waals surface area contributed by atoms with E-state index in [0.717, 1.165) is 34.9 Å². The van der Waals surface area contributed by atoms with E-state index in [1.807, 2.05) is 35.8 Å². The zero-order valence-electron chi connectivity index (χ0n) is 14.7. The molecule has 10 heteroatoms. The van der Waals surface area contributed by atoms with Crippen molar-refractivity contribution in [1.29, 1.82) is 0 Å². The van der Waals surface area contributed by atoms with Gasteiger partial charge >= 0.3 is 5.82 Å². The van der Waals surface area contributed by atoms with Crippen molar-refractivity contribution >= 4 is 53.3 Å². The molecular formula is C16H22Cl2N4O2S2. The molecule has 0 spiro atoms. The van der Waals surface area contributed by atoms with Crippen LogP contribution in [0.2, 0.25) is 0 Å². The summed E-state index contributed by atoms with van der Waals surface area (Å²) in [6.07, 6.45) is 4.21. The maximum Gasteiger partial charge on any atom is 0.342 e. The average Bonchev–Trinajstić information content (AvgIpc) is 2.96. The van der Waals surface area contributed by atoms with Crippen molar-refractivity contribution in [2.24, 2.45) is 0 Å². The van der Waals surface area contributed by atoms with Crippen molar-refractivity contribution in [3.8, 4) is 0 Å². The van der Waals surface area contributed by atoms with E-state index in [1.54, 1.807) is 11.5 Å². The van der Waals surface area contributed by atoms with Gasteiger partial charge in [-0.3, -0.25) is 4.98 Å². The number of pyridine rings is 1. The van der Waals surface area contributed by atoms with Crippen LogP contribution in [-0.2, 0) is 12.4 Å². The van der Waals surface area contributed by atoms with Crippen LogP contribution in [0.15, 0.2) is 23.4 Å². The monoisotopic (exact) mass is 436 g/mol. The van der Waals surface area contributed by atoms with E-state index in [2.05, 4.69) is 16.9 Å². The molecule has 2 rings (SSSR count). The number of alkyl halides is 1. The van der Waals surface area contributed by atoms with Crippen LogP contribution in [0, 0.1) is 24.0 Å². The fourth-order valence-corrected chi connectivity index (χ4v) is 4.65. The molecule has 0 saturated heterocycles. The Labute approximate surface area is 173 Å². The third-order valence-corrected chi connectivity index (χ3v) is 6.30. The quantitative estimate of drug-likeness (QED) is 0.173. The third kappa shape index (κ3) is 6.33. The van der Waals surface area contributed by atoms with Gasteiger partial charge in [-0.05, 0) is 41.4 Å². The van der Waals surface area contributed by atoms with Crippen LogP contribution in [0.5, 0.6) is 0 Å². The topological polar surface area (TPSA) is 73.8 Å². The van der Waals surface area contributed by atoms with Crippen LogP contribution < -0.4 is 0 Å². The Balaban J connectivity index is 0.00000338. The van der Waals surface area contributed by atoms with E-state index in [9.17, 15) is 10.1 Å². The van der Waals surface area contributed by atoms with Gasteiger partial charge in [-0.1, -0.05) is 0 Å². The normalized spacial score (nSPS) is 10.6. The minimum absolute atomic E-state index is 0. The number of halogens is 2. The number of aryl methyl sites for hydroxylation is 1. The van der Waals surface area contributed by atoms with Crippen LogP contribution in [0.3, 0.4) is 0 Å². The van der Waals surface area contributed by atoms with E-state index < -0.39 is 0 Å². The van der Waals surface area contributed by atoms with E-state index in [1.165, 1.54) is 11.1 Å². The summed E-state index contributed by atoms with van der Waals surface area (Å²) in [7, 11) is 0. The molecule has 0 amide bonds. The lowest BCUT2D eigenvalue weighted by atomic mass is 10.2. The van der Waals surface area contributed by atoms with Crippen molar-refractivity contribution in [2.45, 2.75) is 37.6 Å². The van der Waals surface area contributed by atoms with E-state index >= 15 is 0 Å². The van der Waals surface area contributed by atoms with Crippen molar-refractivity contribution in [3.05, 3.63) is 45.7 Å². The number of thioether (sulfide) groups is 2. The predicted molar refractivity (Wildman–Crippen MR) is 112 cm³/mol. The molecule has 0 saturated carbocycles. The minimum atomic E-state index is -0.381. The SMILES string of the molecule is Cc1c(SCCCSCCn2c([N+](=O)[O-])cnc2C)ccnc1CCl.Cl. The first-order chi connectivity index (χ1) is 12.0. The summed E-state index contributed by atoms with van der Waals surface area (Å²) in [5.41, 5.74) is 2.11. The molecule has 2 aromatic rings. The zero-order chi connectivity index (χ0) is 18.2. The van der Waals surface area contributed by atoms with Crippen molar-refractivity contribution < 1.29 is 4.92 Å². The zero-order valence-corrected chi connectivity index (χ0v) is 17.9. The summed E-state index contributed by atoms with van der Waals surface area (Å²) in [5.74, 6) is 4.09. The first kappa shape index (κ1) is 23.1. The van der Waals surface area contributed by atoms with Crippen LogP contribution in [0.4, 0.5) is 5.82 Å². The van der Waals surface area contributed by atoms with Gasteiger partial charge in [0, 0.05) is 23.8 Å². The Morgan fingerprint density at radius 3 is 2.73 bits per heavy atom. The second kappa shape index (κ2) is 11.7. The molecule has 144 valence electrons. The van der Waals surface area contributed by atoms with E-state index in [-0.39, 0.29) is 23.1 Å². The number of hydrogen-bond donors (Lipinski definition) is 0. The molecule has 0 radical (unpaired) electrons. The van der Waals surface area contributed by atoms with Gasteiger partial charge in [0.15, 0.2) is 5.82 Å². The summed E-state index contributed by atoms with van der Waals surface area (Å²) >= 11 is 9.52. The summed E-state index contributed by atoms with van der Waals surface area (Å²) in [6.45, 7) is 4.46. The number of nitro groups is 1. The van der Waals surface area contributed by atoms with Gasteiger partial charge in [-0.15, -0.1) is 35.8 Å². The molecule has 0 unspecified atom stereocenters. The third-order valence-electron chi connectivity index (χ3n) is 3.76. The first-order valence-corrected chi connectivity index (χ1v) is 10.6. The molecule has 0 atom stereocenters. The molecule has 0 aliphatic heterocycles.